The highest BCUT2D eigenvalue weighted by atomic mass is 15.2. The van der Waals surface area contributed by atoms with E-state index in [-0.39, 0.29) is 0 Å². The zero-order chi connectivity index (χ0) is 11.4. The van der Waals surface area contributed by atoms with E-state index in [2.05, 4.69) is 34.0 Å². The lowest BCUT2D eigenvalue weighted by Crippen LogP contribution is -2.38. The second kappa shape index (κ2) is 5.14. The lowest BCUT2D eigenvalue weighted by atomic mass is 10.0. The van der Waals surface area contributed by atoms with Gasteiger partial charge in [0.15, 0.2) is 0 Å². The molecular formula is C12H20N4. The summed E-state index contributed by atoms with van der Waals surface area (Å²) < 4.78 is 0. The summed E-state index contributed by atoms with van der Waals surface area (Å²) in [6.07, 6.45) is 7.49. The number of piperidine rings is 1. The van der Waals surface area contributed by atoms with Gasteiger partial charge >= 0.3 is 0 Å². The van der Waals surface area contributed by atoms with Crippen molar-refractivity contribution in [2.24, 2.45) is 0 Å². The largest absolute Gasteiger partial charge is 0.369 e. The van der Waals surface area contributed by atoms with Crippen LogP contribution in [-0.2, 0) is 0 Å². The quantitative estimate of drug-likeness (QED) is 0.848. The summed E-state index contributed by atoms with van der Waals surface area (Å²) in [5.41, 5.74) is 0. The maximum absolute atomic E-state index is 4.59. The topological polar surface area (TPSA) is 41.1 Å². The number of hydrogen-bond donors (Lipinski definition) is 1. The van der Waals surface area contributed by atoms with E-state index in [0.29, 0.717) is 6.04 Å². The normalized spacial score (nSPS) is 20.9. The molecule has 4 nitrogen and oxygen atoms in total. The van der Waals surface area contributed by atoms with Crippen molar-refractivity contribution in [3.8, 4) is 0 Å². The van der Waals surface area contributed by atoms with Gasteiger partial charge in [0.25, 0.3) is 0 Å². The molecule has 88 valence electrons. The molecule has 1 atom stereocenters. The van der Waals surface area contributed by atoms with Crippen LogP contribution in [-0.4, -0.2) is 29.1 Å². The summed E-state index contributed by atoms with van der Waals surface area (Å²) in [7, 11) is 0. The SMILES string of the molecule is CCNc1cncc(N2CCCCC2C)n1. The Hall–Kier alpha value is -1.32. The van der Waals surface area contributed by atoms with Crippen molar-refractivity contribution in [1.82, 2.24) is 9.97 Å². The molecule has 1 aliphatic rings. The summed E-state index contributed by atoms with van der Waals surface area (Å²) in [6, 6.07) is 0.583. The number of anilines is 2. The molecule has 0 aliphatic carbocycles. The maximum Gasteiger partial charge on any atom is 0.149 e. The Kier molecular flexibility index (Phi) is 3.59. The highest BCUT2D eigenvalue weighted by Gasteiger charge is 2.19. The highest BCUT2D eigenvalue weighted by molar-refractivity contribution is 5.44. The van der Waals surface area contributed by atoms with Crippen LogP contribution in [0.1, 0.15) is 33.1 Å². The van der Waals surface area contributed by atoms with E-state index in [1.165, 1.54) is 19.3 Å². The lowest BCUT2D eigenvalue weighted by Gasteiger charge is -2.34. The molecule has 2 heterocycles. The molecular weight excluding hydrogens is 200 g/mol. The fourth-order valence-corrected chi connectivity index (χ4v) is 2.20. The molecule has 0 amide bonds. The van der Waals surface area contributed by atoms with Crippen LogP contribution in [0.2, 0.25) is 0 Å². The smallest absolute Gasteiger partial charge is 0.149 e. The fraction of sp³-hybridized carbons (Fsp3) is 0.667. The number of rotatable bonds is 3. The van der Waals surface area contributed by atoms with Crippen molar-refractivity contribution < 1.29 is 0 Å². The van der Waals surface area contributed by atoms with E-state index < -0.39 is 0 Å². The van der Waals surface area contributed by atoms with Gasteiger partial charge in [0, 0.05) is 19.1 Å². The predicted molar refractivity (Wildman–Crippen MR) is 66.9 cm³/mol. The molecule has 0 saturated carbocycles. The minimum absolute atomic E-state index is 0.583. The molecule has 0 bridgehead atoms. The molecule has 2 rings (SSSR count). The summed E-state index contributed by atoms with van der Waals surface area (Å²) in [6.45, 7) is 6.32. The zero-order valence-electron chi connectivity index (χ0n) is 10.1. The van der Waals surface area contributed by atoms with Gasteiger partial charge in [-0.05, 0) is 33.1 Å². The van der Waals surface area contributed by atoms with E-state index in [9.17, 15) is 0 Å². The van der Waals surface area contributed by atoms with Gasteiger partial charge in [-0.25, -0.2) is 4.98 Å². The van der Waals surface area contributed by atoms with Gasteiger partial charge in [0.2, 0.25) is 0 Å². The van der Waals surface area contributed by atoms with Gasteiger partial charge in [0.05, 0.1) is 12.4 Å². The van der Waals surface area contributed by atoms with Gasteiger partial charge in [-0.2, -0.15) is 0 Å². The maximum atomic E-state index is 4.59. The molecule has 1 fully saturated rings. The van der Waals surface area contributed by atoms with Crippen LogP contribution in [0, 0.1) is 0 Å². The minimum Gasteiger partial charge on any atom is -0.369 e. The minimum atomic E-state index is 0.583. The predicted octanol–water partition coefficient (Wildman–Crippen LogP) is 2.29. The van der Waals surface area contributed by atoms with Gasteiger partial charge < -0.3 is 10.2 Å². The average Bonchev–Trinajstić information content (AvgIpc) is 2.30. The molecule has 1 aliphatic heterocycles. The van der Waals surface area contributed by atoms with Crippen molar-refractivity contribution in [2.75, 3.05) is 23.3 Å². The highest BCUT2D eigenvalue weighted by Crippen LogP contribution is 2.22. The van der Waals surface area contributed by atoms with Crippen LogP contribution in [0.3, 0.4) is 0 Å². The molecule has 1 aromatic rings. The van der Waals surface area contributed by atoms with Crippen molar-refractivity contribution in [3.63, 3.8) is 0 Å². The van der Waals surface area contributed by atoms with Gasteiger partial charge in [0.1, 0.15) is 11.6 Å². The van der Waals surface area contributed by atoms with E-state index in [1.54, 1.807) is 6.20 Å². The van der Waals surface area contributed by atoms with Crippen molar-refractivity contribution >= 4 is 11.6 Å². The molecule has 16 heavy (non-hydrogen) atoms. The molecule has 1 unspecified atom stereocenters. The molecule has 1 saturated heterocycles. The molecule has 1 N–H and O–H groups in total. The van der Waals surface area contributed by atoms with Gasteiger partial charge in [-0.15, -0.1) is 0 Å². The average molecular weight is 220 g/mol. The van der Waals surface area contributed by atoms with E-state index in [1.807, 2.05) is 6.20 Å². The first-order valence-electron chi connectivity index (χ1n) is 6.14. The van der Waals surface area contributed by atoms with Crippen molar-refractivity contribution in [3.05, 3.63) is 12.4 Å². The van der Waals surface area contributed by atoms with Crippen LogP contribution < -0.4 is 10.2 Å². The first-order chi connectivity index (χ1) is 7.81. The monoisotopic (exact) mass is 220 g/mol. The zero-order valence-corrected chi connectivity index (χ0v) is 10.1. The first kappa shape index (κ1) is 11.2. The van der Waals surface area contributed by atoms with E-state index in [0.717, 1.165) is 24.7 Å². The Bertz CT molecular complexity index is 340. The second-order valence-corrected chi connectivity index (χ2v) is 4.33. The Morgan fingerprint density at radius 2 is 2.31 bits per heavy atom. The summed E-state index contributed by atoms with van der Waals surface area (Å²) in [5.74, 6) is 1.88. The second-order valence-electron chi connectivity index (χ2n) is 4.33. The fourth-order valence-electron chi connectivity index (χ4n) is 2.20. The summed E-state index contributed by atoms with van der Waals surface area (Å²) in [4.78, 5) is 11.2. The van der Waals surface area contributed by atoms with Crippen LogP contribution in [0.4, 0.5) is 11.6 Å². The molecule has 0 spiro atoms. The van der Waals surface area contributed by atoms with Crippen molar-refractivity contribution in [1.29, 1.82) is 0 Å². The molecule has 0 aromatic carbocycles. The van der Waals surface area contributed by atoms with Crippen LogP contribution in [0.15, 0.2) is 12.4 Å². The third-order valence-corrected chi connectivity index (χ3v) is 3.08. The van der Waals surface area contributed by atoms with Crippen molar-refractivity contribution in [2.45, 2.75) is 39.2 Å². The third kappa shape index (κ3) is 2.43. The van der Waals surface area contributed by atoms with Crippen LogP contribution in [0.5, 0.6) is 0 Å². The number of aromatic nitrogens is 2. The molecule has 1 aromatic heterocycles. The van der Waals surface area contributed by atoms with E-state index >= 15 is 0 Å². The Balaban J connectivity index is 2.15. The third-order valence-electron chi connectivity index (χ3n) is 3.08. The van der Waals surface area contributed by atoms with Gasteiger partial charge in [-0.3, -0.25) is 4.98 Å². The first-order valence-corrected chi connectivity index (χ1v) is 6.14. The lowest BCUT2D eigenvalue weighted by molar-refractivity contribution is 0.481. The molecule has 0 radical (unpaired) electrons. The van der Waals surface area contributed by atoms with Crippen LogP contribution in [0.25, 0.3) is 0 Å². The number of hydrogen-bond acceptors (Lipinski definition) is 4. The summed E-state index contributed by atoms with van der Waals surface area (Å²) >= 11 is 0. The molecule has 4 heteroatoms. The Morgan fingerprint density at radius 3 is 3.06 bits per heavy atom. The van der Waals surface area contributed by atoms with Crippen LogP contribution >= 0.6 is 0 Å². The Labute approximate surface area is 97.1 Å². The van der Waals surface area contributed by atoms with E-state index in [4.69, 9.17) is 0 Å². The van der Waals surface area contributed by atoms with Gasteiger partial charge in [-0.1, -0.05) is 0 Å². The Morgan fingerprint density at radius 1 is 1.44 bits per heavy atom. The number of nitrogens with zero attached hydrogens (tertiary/aromatic N) is 3. The standard InChI is InChI=1S/C12H20N4/c1-3-14-11-8-13-9-12(15-11)16-7-5-4-6-10(16)2/h8-10H,3-7H2,1-2H3,(H,14,15). The number of nitrogens with one attached hydrogen (secondary N) is 1. The summed E-state index contributed by atoms with van der Waals surface area (Å²) in [5, 5.41) is 3.20.